The van der Waals surface area contributed by atoms with Crippen molar-refractivity contribution in [2.75, 3.05) is 14.1 Å². The number of phenols is 1. The average Bonchev–Trinajstić information content (AvgIpc) is 2.72. The monoisotopic (exact) mass is 457 g/mol. The topological polar surface area (TPSA) is 187 Å². The Morgan fingerprint density at radius 2 is 1.88 bits per heavy atom. The molecule has 1 saturated carbocycles. The number of rotatable bonds is 3. The molecule has 0 bridgehead atoms. The summed E-state index contributed by atoms with van der Waals surface area (Å²) in [5.41, 5.74) is 9.34. The third-order valence-corrected chi connectivity index (χ3v) is 7.22. The Hall–Kier alpha value is -3.21. The Morgan fingerprint density at radius 3 is 2.42 bits per heavy atom. The fraction of sp³-hybridized carbons (Fsp3) is 0.435. The number of primary amides is 1. The Labute approximate surface area is 189 Å². The van der Waals surface area contributed by atoms with Crippen LogP contribution >= 0.6 is 0 Å². The van der Waals surface area contributed by atoms with Crippen LogP contribution in [0.2, 0.25) is 0 Å². The number of aryl methyl sites for hydroxylation is 1. The molecule has 176 valence electrons. The fourth-order valence-corrected chi connectivity index (χ4v) is 5.72. The molecule has 1 amide bonds. The van der Waals surface area contributed by atoms with Crippen LogP contribution in [0.1, 0.15) is 28.7 Å². The van der Waals surface area contributed by atoms with Gasteiger partial charge in [-0.2, -0.15) is 0 Å². The molecule has 0 heterocycles. The summed E-state index contributed by atoms with van der Waals surface area (Å²) in [5, 5.41) is 44.1. The Bertz CT molecular complexity index is 1180. The van der Waals surface area contributed by atoms with Gasteiger partial charge < -0.3 is 31.9 Å². The number of fused-ring (bicyclic) bond motifs is 3. The van der Waals surface area contributed by atoms with Gasteiger partial charge in [0.1, 0.15) is 22.8 Å². The van der Waals surface area contributed by atoms with E-state index in [-0.39, 0.29) is 36.3 Å². The smallest absolute Gasteiger partial charge is 0.255 e. The highest BCUT2D eigenvalue weighted by molar-refractivity contribution is 6.24. The lowest BCUT2D eigenvalue weighted by molar-refractivity contribution is -0.153. The third-order valence-electron chi connectivity index (χ3n) is 7.22. The zero-order chi connectivity index (χ0) is 24.6. The van der Waals surface area contributed by atoms with E-state index in [4.69, 9.17) is 11.5 Å². The lowest BCUT2D eigenvalue weighted by atomic mass is 9.57. The molecule has 0 spiro atoms. The standard InChI is InChI=1S/C23H27N3O7/c1-8-4-10(7-24)11-5-9-6-12-16(26(2)3)19(29)15(22(25)32)21(31)23(12,33)20(30)13(9)18(28)14(11)17(8)27/h4,9,12,16,27-28,31,33H,5-7,24H2,1-3H3,(H2,25,32). The summed E-state index contributed by atoms with van der Waals surface area (Å²) in [7, 11) is 3.11. The summed E-state index contributed by atoms with van der Waals surface area (Å²) in [4.78, 5) is 40.2. The number of nitrogens with zero attached hydrogens (tertiary/aromatic N) is 1. The number of aliphatic hydroxyl groups is 3. The molecule has 0 aliphatic heterocycles. The maximum Gasteiger partial charge on any atom is 0.255 e. The summed E-state index contributed by atoms with van der Waals surface area (Å²) in [6, 6.07) is 0.608. The number of carbonyl (C=O) groups excluding carboxylic acids is 3. The third kappa shape index (κ3) is 2.87. The van der Waals surface area contributed by atoms with Crippen LogP contribution < -0.4 is 11.5 Å². The van der Waals surface area contributed by atoms with Gasteiger partial charge in [0.05, 0.1) is 11.6 Å². The number of ketones is 2. The van der Waals surface area contributed by atoms with Gasteiger partial charge in [-0.15, -0.1) is 0 Å². The van der Waals surface area contributed by atoms with Gasteiger partial charge in [0.2, 0.25) is 5.78 Å². The van der Waals surface area contributed by atoms with E-state index in [0.717, 1.165) is 0 Å². The van der Waals surface area contributed by atoms with Gasteiger partial charge in [0.25, 0.3) is 5.91 Å². The van der Waals surface area contributed by atoms with Gasteiger partial charge in [-0.1, -0.05) is 6.07 Å². The number of carbonyl (C=O) groups is 3. The zero-order valence-corrected chi connectivity index (χ0v) is 18.5. The normalized spacial score (nSPS) is 29.2. The van der Waals surface area contributed by atoms with E-state index in [2.05, 4.69) is 0 Å². The molecule has 10 heteroatoms. The Kier molecular flexibility index (Phi) is 5.15. The first-order chi connectivity index (χ1) is 15.4. The van der Waals surface area contributed by atoms with Gasteiger partial charge in [0.15, 0.2) is 11.4 Å². The van der Waals surface area contributed by atoms with Gasteiger partial charge in [-0.3, -0.25) is 19.3 Å². The van der Waals surface area contributed by atoms with Crippen LogP contribution in [0.5, 0.6) is 5.75 Å². The second-order valence-electron chi connectivity index (χ2n) is 9.22. The maximum absolute atomic E-state index is 13.7. The molecule has 4 atom stereocenters. The van der Waals surface area contributed by atoms with Crippen molar-refractivity contribution >= 4 is 23.2 Å². The molecular weight excluding hydrogens is 430 g/mol. The van der Waals surface area contributed by atoms with Crippen molar-refractivity contribution in [2.24, 2.45) is 23.3 Å². The number of Topliss-reactive ketones (excluding diaryl/α,β-unsaturated/α-hetero) is 2. The minimum atomic E-state index is -2.64. The number of aromatic hydroxyl groups is 1. The summed E-state index contributed by atoms with van der Waals surface area (Å²) < 4.78 is 0. The molecule has 33 heavy (non-hydrogen) atoms. The van der Waals surface area contributed by atoms with Gasteiger partial charge in [-0.05, 0) is 56.5 Å². The molecule has 0 saturated heterocycles. The highest BCUT2D eigenvalue weighted by Crippen LogP contribution is 2.53. The van der Waals surface area contributed by atoms with Crippen LogP contribution in [-0.4, -0.2) is 68.5 Å². The Balaban J connectivity index is 2.00. The Morgan fingerprint density at radius 1 is 1.24 bits per heavy atom. The number of nitrogens with two attached hydrogens (primary N) is 2. The number of aliphatic hydroxyl groups excluding tert-OH is 2. The summed E-state index contributed by atoms with van der Waals surface area (Å²) in [5.74, 6) is -6.61. The second-order valence-corrected chi connectivity index (χ2v) is 9.22. The van der Waals surface area contributed by atoms with E-state index in [1.165, 1.54) is 4.90 Å². The van der Waals surface area contributed by atoms with Crippen LogP contribution in [0.25, 0.3) is 5.76 Å². The predicted molar refractivity (Wildman–Crippen MR) is 117 cm³/mol. The lowest BCUT2D eigenvalue weighted by Crippen LogP contribution is -2.65. The molecule has 1 aromatic carbocycles. The summed E-state index contributed by atoms with van der Waals surface area (Å²) >= 11 is 0. The summed E-state index contributed by atoms with van der Waals surface area (Å²) in [6.07, 6.45) is 0.277. The van der Waals surface area contributed by atoms with Gasteiger partial charge in [0, 0.05) is 18.0 Å². The fourth-order valence-electron chi connectivity index (χ4n) is 5.72. The number of likely N-dealkylation sites (N-methyl/N-ethyl adjacent to an activating group) is 1. The SMILES string of the molecule is Cc1cc(CN)c2c(c1O)C(O)=C1C(=O)C3(O)C(O)=C(C(N)=O)C(=O)C(N(C)C)C3CC1C2. The quantitative estimate of drug-likeness (QED) is 0.332. The number of amides is 1. The van der Waals surface area contributed by atoms with Crippen LogP contribution in [0.3, 0.4) is 0 Å². The van der Waals surface area contributed by atoms with E-state index >= 15 is 0 Å². The highest BCUT2D eigenvalue weighted by atomic mass is 16.3. The molecule has 8 N–H and O–H groups in total. The number of benzene rings is 1. The van der Waals surface area contributed by atoms with Crippen LogP contribution in [0, 0.1) is 18.8 Å². The van der Waals surface area contributed by atoms with Crippen molar-refractivity contribution in [1.82, 2.24) is 4.90 Å². The van der Waals surface area contributed by atoms with Crippen molar-refractivity contribution in [2.45, 2.75) is 38.0 Å². The summed E-state index contributed by atoms with van der Waals surface area (Å²) in [6.45, 7) is 1.78. The van der Waals surface area contributed by atoms with E-state index in [9.17, 15) is 34.8 Å². The van der Waals surface area contributed by atoms with Crippen molar-refractivity contribution in [3.8, 4) is 5.75 Å². The van der Waals surface area contributed by atoms with E-state index in [0.29, 0.717) is 16.7 Å². The van der Waals surface area contributed by atoms with Crippen molar-refractivity contribution < 1.29 is 34.8 Å². The van der Waals surface area contributed by atoms with Crippen LogP contribution in [0.4, 0.5) is 0 Å². The molecule has 1 fully saturated rings. The maximum atomic E-state index is 13.7. The van der Waals surface area contributed by atoms with Crippen molar-refractivity contribution in [1.29, 1.82) is 0 Å². The first-order valence-electron chi connectivity index (χ1n) is 10.6. The molecule has 10 nitrogen and oxygen atoms in total. The largest absolute Gasteiger partial charge is 0.508 e. The highest BCUT2D eigenvalue weighted by Gasteiger charge is 2.64. The first-order valence-corrected chi connectivity index (χ1v) is 10.6. The van der Waals surface area contributed by atoms with Gasteiger partial charge >= 0.3 is 0 Å². The first kappa shape index (κ1) is 23.0. The van der Waals surface area contributed by atoms with Gasteiger partial charge in [-0.25, -0.2) is 0 Å². The average molecular weight is 457 g/mol. The molecule has 4 unspecified atom stereocenters. The molecule has 0 aromatic heterocycles. The number of phenolic OH excluding ortho intramolecular Hbond substituents is 1. The predicted octanol–water partition coefficient (Wildman–Crippen LogP) is -0.269. The van der Waals surface area contributed by atoms with Crippen LogP contribution in [0.15, 0.2) is 23.0 Å². The molecule has 0 radical (unpaired) electrons. The molecular formula is C23H27N3O7. The molecule has 4 rings (SSSR count). The van der Waals surface area contributed by atoms with E-state index < -0.39 is 58.0 Å². The van der Waals surface area contributed by atoms with Crippen molar-refractivity contribution in [3.63, 3.8) is 0 Å². The molecule has 3 aliphatic carbocycles. The zero-order valence-electron chi connectivity index (χ0n) is 18.5. The minimum Gasteiger partial charge on any atom is -0.508 e. The lowest BCUT2D eigenvalue weighted by Gasteiger charge is -2.50. The van der Waals surface area contributed by atoms with Crippen LogP contribution in [-0.2, 0) is 27.3 Å². The number of hydrogen-bond donors (Lipinski definition) is 6. The van der Waals surface area contributed by atoms with E-state index in [1.807, 2.05) is 0 Å². The van der Waals surface area contributed by atoms with Crippen molar-refractivity contribution in [3.05, 3.63) is 45.2 Å². The molecule has 3 aliphatic rings. The minimum absolute atomic E-state index is 0.0460. The molecule has 1 aromatic rings. The number of hydrogen-bond acceptors (Lipinski definition) is 9. The van der Waals surface area contributed by atoms with E-state index in [1.54, 1.807) is 27.1 Å². The second kappa shape index (κ2) is 7.41.